The summed E-state index contributed by atoms with van der Waals surface area (Å²) in [5, 5.41) is 3.40. The lowest BCUT2D eigenvalue weighted by Crippen LogP contribution is -2.25. The number of hydrogen-bond donors (Lipinski definition) is 1. The van der Waals surface area contributed by atoms with Gasteiger partial charge in [-0.25, -0.2) is 4.98 Å². The number of nitrogens with one attached hydrogen (secondary N) is 1. The molecule has 0 saturated carbocycles. The first-order chi connectivity index (χ1) is 7.68. The molecule has 4 heteroatoms. The van der Waals surface area contributed by atoms with Gasteiger partial charge < -0.3 is 9.88 Å². The van der Waals surface area contributed by atoms with Gasteiger partial charge in [-0.2, -0.15) is 0 Å². The van der Waals surface area contributed by atoms with E-state index in [2.05, 4.69) is 33.7 Å². The maximum absolute atomic E-state index is 4.59. The van der Waals surface area contributed by atoms with Crippen molar-refractivity contribution in [3.63, 3.8) is 0 Å². The number of aromatic nitrogens is 3. The van der Waals surface area contributed by atoms with Crippen LogP contribution in [0.3, 0.4) is 0 Å². The molecule has 2 rings (SSSR count). The minimum absolute atomic E-state index is 0.524. The van der Waals surface area contributed by atoms with Crippen molar-refractivity contribution in [1.29, 1.82) is 0 Å². The van der Waals surface area contributed by atoms with Gasteiger partial charge in [0.1, 0.15) is 5.82 Å². The fourth-order valence-corrected chi connectivity index (χ4v) is 1.78. The van der Waals surface area contributed by atoms with E-state index in [9.17, 15) is 0 Å². The van der Waals surface area contributed by atoms with Gasteiger partial charge in [-0.05, 0) is 6.07 Å². The molecule has 0 amide bonds. The van der Waals surface area contributed by atoms with Gasteiger partial charge in [0.15, 0.2) is 0 Å². The van der Waals surface area contributed by atoms with E-state index in [0.29, 0.717) is 6.04 Å². The molecule has 0 bridgehead atoms. The van der Waals surface area contributed by atoms with Crippen LogP contribution in [-0.4, -0.2) is 27.1 Å². The number of aryl methyl sites for hydroxylation is 1. The van der Waals surface area contributed by atoms with Gasteiger partial charge in [0.05, 0.1) is 17.2 Å². The Morgan fingerprint density at radius 3 is 2.94 bits per heavy atom. The number of hydrogen-bond acceptors (Lipinski definition) is 3. The van der Waals surface area contributed by atoms with Crippen LogP contribution >= 0.6 is 0 Å². The molecule has 0 saturated heterocycles. The van der Waals surface area contributed by atoms with Crippen LogP contribution in [0, 0.1) is 0 Å². The SMILES string of the molecule is CC(C)NCCc1nc2ccncc2n1C. The first kappa shape index (κ1) is 11.1. The topological polar surface area (TPSA) is 42.7 Å². The summed E-state index contributed by atoms with van der Waals surface area (Å²) < 4.78 is 2.12. The van der Waals surface area contributed by atoms with Crippen molar-refractivity contribution in [2.24, 2.45) is 7.05 Å². The van der Waals surface area contributed by atoms with E-state index in [1.807, 2.05) is 19.3 Å². The van der Waals surface area contributed by atoms with Gasteiger partial charge in [0.25, 0.3) is 0 Å². The van der Waals surface area contributed by atoms with E-state index in [-0.39, 0.29) is 0 Å². The third kappa shape index (κ3) is 2.22. The van der Waals surface area contributed by atoms with Gasteiger partial charge in [-0.15, -0.1) is 0 Å². The minimum Gasteiger partial charge on any atom is -0.330 e. The van der Waals surface area contributed by atoms with E-state index in [1.54, 1.807) is 6.20 Å². The molecule has 0 spiro atoms. The summed E-state index contributed by atoms with van der Waals surface area (Å²) in [4.78, 5) is 8.71. The molecule has 0 fully saturated rings. The van der Waals surface area contributed by atoms with Crippen LogP contribution in [0.5, 0.6) is 0 Å². The molecule has 0 atom stereocenters. The third-order valence-corrected chi connectivity index (χ3v) is 2.68. The standard InChI is InChI=1S/C12H18N4/c1-9(2)14-7-5-12-15-10-4-6-13-8-11(10)16(12)3/h4,6,8-9,14H,5,7H2,1-3H3. The summed E-state index contributed by atoms with van der Waals surface area (Å²) in [6.07, 6.45) is 4.59. The molecule has 4 nitrogen and oxygen atoms in total. The van der Waals surface area contributed by atoms with Crippen molar-refractivity contribution in [3.8, 4) is 0 Å². The number of imidazole rings is 1. The number of nitrogens with zero attached hydrogens (tertiary/aromatic N) is 3. The van der Waals surface area contributed by atoms with Crippen LogP contribution in [0.15, 0.2) is 18.5 Å². The molecule has 16 heavy (non-hydrogen) atoms. The molecule has 86 valence electrons. The van der Waals surface area contributed by atoms with Crippen LogP contribution in [-0.2, 0) is 13.5 Å². The molecule has 0 unspecified atom stereocenters. The summed E-state index contributed by atoms with van der Waals surface area (Å²) in [5.41, 5.74) is 2.12. The Morgan fingerprint density at radius 2 is 2.25 bits per heavy atom. The van der Waals surface area contributed by atoms with Gasteiger partial charge in [-0.1, -0.05) is 13.8 Å². The van der Waals surface area contributed by atoms with Crippen molar-refractivity contribution in [2.45, 2.75) is 26.3 Å². The zero-order valence-electron chi connectivity index (χ0n) is 10.1. The van der Waals surface area contributed by atoms with Crippen LogP contribution in [0.25, 0.3) is 11.0 Å². The van der Waals surface area contributed by atoms with Crippen molar-refractivity contribution < 1.29 is 0 Å². The fourth-order valence-electron chi connectivity index (χ4n) is 1.78. The highest BCUT2D eigenvalue weighted by Crippen LogP contribution is 2.12. The van der Waals surface area contributed by atoms with Crippen LogP contribution in [0.2, 0.25) is 0 Å². The highest BCUT2D eigenvalue weighted by atomic mass is 15.1. The first-order valence-corrected chi connectivity index (χ1v) is 5.67. The average Bonchev–Trinajstić information content (AvgIpc) is 2.56. The Hall–Kier alpha value is -1.42. The Bertz CT molecular complexity index is 473. The lowest BCUT2D eigenvalue weighted by molar-refractivity contribution is 0.578. The molecular formula is C12H18N4. The lowest BCUT2D eigenvalue weighted by Gasteiger charge is -2.07. The van der Waals surface area contributed by atoms with Crippen LogP contribution < -0.4 is 5.32 Å². The second-order valence-electron chi connectivity index (χ2n) is 4.31. The number of fused-ring (bicyclic) bond motifs is 1. The van der Waals surface area contributed by atoms with E-state index in [0.717, 1.165) is 29.8 Å². The summed E-state index contributed by atoms with van der Waals surface area (Å²) in [7, 11) is 2.04. The molecule has 0 aliphatic heterocycles. The summed E-state index contributed by atoms with van der Waals surface area (Å²) in [6, 6.07) is 2.48. The van der Waals surface area contributed by atoms with Gasteiger partial charge in [-0.3, -0.25) is 4.98 Å². The lowest BCUT2D eigenvalue weighted by atomic mass is 10.3. The maximum Gasteiger partial charge on any atom is 0.110 e. The highest BCUT2D eigenvalue weighted by Gasteiger charge is 2.06. The number of rotatable bonds is 4. The van der Waals surface area contributed by atoms with E-state index < -0.39 is 0 Å². The highest BCUT2D eigenvalue weighted by molar-refractivity contribution is 5.74. The monoisotopic (exact) mass is 218 g/mol. The summed E-state index contributed by atoms with van der Waals surface area (Å²) in [6.45, 7) is 5.26. The zero-order valence-corrected chi connectivity index (χ0v) is 10.1. The van der Waals surface area contributed by atoms with Crippen LogP contribution in [0.4, 0.5) is 0 Å². The molecule has 0 radical (unpaired) electrons. The zero-order chi connectivity index (χ0) is 11.5. The van der Waals surface area contributed by atoms with Crippen molar-refractivity contribution in [2.75, 3.05) is 6.54 Å². The fraction of sp³-hybridized carbons (Fsp3) is 0.500. The number of pyridine rings is 1. The van der Waals surface area contributed by atoms with E-state index >= 15 is 0 Å². The van der Waals surface area contributed by atoms with E-state index in [4.69, 9.17) is 0 Å². The minimum atomic E-state index is 0.524. The first-order valence-electron chi connectivity index (χ1n) is 5.67. The van der Waals surface area contributed by atoms with E-state index in [1.165, 1.54) is 0 Å². The Morgan fingerprint density at radius 1 is 1.44 bits per heavy atom. The third-order valence-electron chi connectivity index (χ3n) is 2.68. The van der Waals surface area contributed by atoms with Crippen LogP contribution in [0.1, 0.15) is 19.7 Å². The predicted octanol–water partition coefficient (Wildman–Crippen LogP) is 1.51. The smallest absolute Gasteiger partial charge is 0.110 e. The Labute approximate surface area is 95.7 Å². The van der Waals surface area contributed by atoms with Crippen molar-refractivity contribution >= 4 is 11.0 Å². The summed E-state index contributed by atoms with van der Waals surface area (Å²) >= 11 is 0. The molecule has 0 aromatic carbocycles. The van der Waals surface area contributed by atoms with Gasteiger partial charge in [0.2, 0.25) is 0 Å². The Balaban J connectivity index is 2.15. The normalized spacial score (nSPS) is 11.5. The van der Waals surface area contributed by atoms with Gasteiger partial charge in [0, 0.05) is 32.3 Å². The molecule has 2 aromatic rings. The second kappa shape index (κ2) is 4.61. The molecule has 2 aromatic heterocycles. The van der Waals surface area contributed by atoms with Crippen molar-refractivity contribution in [1.82, 2.24) is 19.9 Å². The largest absolute Gasteiger partial charge is 0.330 e. The quantitative estimate of drug-likeness (QED) is 0.846. The average molecular weight is 218 g/mol. The molecule has 0 aliphatic carbocycles. The summed E-state index contributed by atoms with van der Waals surface area (Å²) in [5.74, 6) is 1.11. The molecular weight excluding hydrogens is 200 g/mol. The molecule has 1 N–H and O–H groups in total. The molecule has 0 aliphatic rings. The van der Waals surface area contributed by atoms with Gasteiger partial charge >= 0.3 is 0 Å². The molecule has 2 heterocycles. The second-order valence-corrected chi connectivity index (χ2v) is 4.31. The Kier molecular flexibility index (Phi) is 3.19. The maximum atomic E-state index is 4.59. The predicted molar refractivity (Wildman–Crippen MR) is 65.4 cm³/mol. The van der Waals surface area contributed by atoms with Crippen molar-refractivity contribution in [3.05, 3.63) is 24.3 Å².